The van der Waals surface area contributed by atoms with Crippen LogP contribution in [0.25, 0.3) is 5.70 Å². The molecule has 0 saturated heterocycles. The summed E-state index contributed by atoms with van der Waals surface area (Å²) in [4.78, 5) is 25.3. The van der Waals surface area contributed by atoms with E-state index in [-0.39, 0.29) is 11.6 Å². The van der Waals surface area contributed by atoms with Crippen LogP contribution in [-0.2, 0) is 9.59 Å². The van der Waals surface area contributed by atoms with Gasteiger partial charge in [-0.15, -0.1) is 0 Å². The summed E-state index contributed by atoms with van der Waals surface area (Å²) in [5, 5.41) is 15.7. The maximum Gasteiger partial charge on any atom is 0.293 e. The summed E-state index contributed by atoms with van der Waals surface area (Å²) in [6.07, 6.45) is 5.00. The number of carbonyl (C=O) groups is 2. The molecule has 5 nitrogen and oxygen atoms in total. The lowest BCUT2D eigenvalue weighted by Gasteiger charge is -2.22. The number of nitrogens with zero attached hydrogens (tertiary/aromatic N) is 1. The number of hydrogen-bond acceptors (Lipinski definition) is 4. The predicted octanol–water partition coefficient (Wildman–Crippen LogP) is 4.05. The van der Waals surface area contributed by atoms with Gasteiger partial charge >= 0.3 is 0 Å². The molecule has 0 bridgehead atoms. The Morgan fingerprint density at radius 3 is 2.11 bits per heavy atom. The van der Waals surface area contributed by atoms with E-state index in [9.17, 15) is 14.9 Å². The average molecular weight is 373 g/mol. The van der Waals surface area contributed by atoms with Gasteiger partial charge in [-0.2, -0.15) is 5.26 Å². The standard InChI is InChI=1S/C23H23N3O2/c24-16-20(22(27)23(28)26-19-14-8-3-9-15-19)21(17-10-4-1-5-11-17)25-18-12-6-2-7-13-18/h1-2,4-7,10-13,19,25H,3,8-9,14-15H2,(H,26,28). The highest BCUT2D eigenvalue weighted by Gasteiger charge is 2.26. The predicted molar refractivity (Wildman–Crippen MR) is 109 cm³/mol. The Kier molecular flexibility index (Phi) is 6.59. The number of rotatable bonds is 6. The van der Waals surface area contributed by atoms with E-state index in [4.69, 9.17) is 0 Å². The van der Waals surface area contributed by atoms with E-state index in [1.807, 2.05) is 54.6 Å². The largest absolute Gasteiger partial charge is 0.354 e. The first-order chi connectivity index (χ1) is 13.7. The molecule has 2 aromatic rings. The molecule has 1 fully saturated rings. The Balaban J connectivity index is 1.91. The first-order valence-corrected chi connectivity index (χ1v) is 9.56. The molecular formula is C23H23N3O2. The third-order valence-electron chi connectivity index (χ3n) is 4.84. The Bertz CT molecular complexity index is 892. The minimum atomic E-state index is -0.810. The third-order valence-corrected chi connectivity index (χ3v) is 4.84. The lowest BCUT2D eigenvalue weighted by atomic mass is 9.95. The zero-order chi connectivity index (χ0) is 19.8. The van der Waals surface area contributed by atoms with Gasteiger partial charge in [-0.1, -0.05) is 67.8 Å². The number of carbonyl (C=O) groups excluding carboxylic acids is 2. The van der Waals surface area contributed by atoms with Gasteiger partial charge < -0.3 is 10.6 Å². The fraction of sp³-hybridized carbons (Fsp3) is 0.261. The fourth-order valence-electron chi connectivity index (χ4n) is 3.38. The molecule has 1 saturated carbocycles. The van der Waals surface area contributed by atoms with Crippen LogP contribution in [0.5, 0.6) is 0 Å². The highest BCUT2D eigenvalue weighted by Crippen LogP contribution is 2.23. The van der Waals surface area contributed by atoms with Gasteiger partial charge in [0.25, 0.3) is 11.7 Å². The normalized spacial score (nSPS) is 15.1. The molecule has 0 aliphatic heterocycles. The van der Waals surface area contributed by atoms with Crippen molar-refractivity contribution in [2.45, 2.75) is 38.1 Å². The second-order valence-corrected chi connectivity index (χ2v) is 6.86. The van der Waals surface area contributed by atoms with Crippen molar-refractivity contribution in [3.63, 3.8) is 0 Å². The molecule has 0 unspecified atom stereocenters. The van der Waals surface area contributed by atoms with E-state index in [1.54, 1.807) is 12.1 Å². The Labute approximate surface area is 165 Å². The van der Waals surface area contributed by atoms with Crippen LogP contribution >= 0.6 is 0 Å². The van der Waals surface area contributed by atoms with Gasteiger partial charge in [0, 0.05) is 11.7 Å². The van der Waals surface area contributed by atoms with E-state index in [0.29, 0.717) is 11.3 Å². The monoisotopic (exact) mass is 373 g/mol. The van der Waals surface area contributed by atoms with Crippen LogP contribution in [0, 0.1) is 11.3 Å². The Morgan fingerprint density at radius 2 is 1.50 bits per heavy atom. The van der Waals surface area contributed by atoms with Gasteiger partial charge in [0.05, 0.1) is 5.70 Å². The molecule has 28 heavy (non-hydrogen) atoms. The van der Waals surface area contributed by atoms with Crippen molar-refractivity contribution in [3.8, 4) is 6.07 Å². The molecular weight excluding hydrogens is 350 g/mol. The lowest BCUT2D eigenvalue weighted by Crippen LogP contribution is -2.41. The first-order valence-electron chi connectivity index (χ1n) is 9.56. The van der Waals surface area contributed by atoms with Gasteiger partial charge in [0.2, 0.25) is 0 Å². The highest BCUT2D eigenvalue weighted by atomic mass is 16.2. The van der Waals surface area contributed by atoms with E-state index < -0.39 is 11.7 Å². The van der Waals surface area contributed by atoms with Crippen molar-refractivity contribution < 1.29 is 9.59 Å². The number of benzene rings is 2. The molecule has 0 atom stereocenters. The molecule has 3 rings (SSSR count). The highest BCUT2D eigenvalue weighted by molar-refractivity contribution is 6.45. The van der Waals surface area contributed by atoms with Crippen molar-refractivity contribution in [1.82, 2.24) is 5.32 Å². The van der Waals surface area contributed by atoms with Crippen LogP contribution in [0.3, 0.4) is 0 Å². The summed E-state index contributed by atoms with van der Waals surface area (Å²) in [6.45, 7) is 0. The van der Waals surface area contributed by atoms with Gasteiger partial charge in [-0.25, -0.2) is 0 Å². The zero-order valence-electron chi connectivity index (χ0n) is 15.7. The summed E-state index contributed by atoms with van der Waals surface area (Å²) in [5.74, 6) is -1.53. The summed E-state index contributed by atoms with van der Waals surface area (Å²) in [5.41, 5.74) is 1.54. The summed E-state index contributed by atoms with van der Waals surface area (Å²) in [6, 6.07) is 20.3. The van der Waals surface area contributed by atoms with Crippen LogP contribution < -0.4 is 10.6 Å². The SMILES string of the molecule is N#CC(C(=O)C(=O)NC1CCCCC1)=C(Nc1ccccc1)c1ccccc1. The smallest absolute Gasteiger partial charge is 0.293 e. The van der Waals surface area contributed by atoms with Gasteiger partial charge in [0.1, 0.15) is 11.6 Å². The number of nitriles is 1. The van der Waals surface area contributed by atoms with Gasteiger partial charge in [-0.3, -0.25) is 9.59 Å². The second kappa shape index (κ2) is 9.52. The van der Waals surface area contributed by atoms with Crippen LogP contribution in [-0.4, -0.2) is 17.7 Å². The maximum absolute atomic E-state index is 12.8. The minimum Gasteiger partial charge on any atom is -0.354 e. The number of para-hydroxylation sites is 1. The van der Waals surface area contributed by atoms with Crippen LogP contribution in [0.1, 0.15) is 37.7 Å². The van der Waals surface area contributed by atoms with Crippen molar-refractivity contribution in [3.05, 3.63) is 71.8 Å². The van der Waals surface area contributed by atoms with Crippen LogP contribution in [0.15, 0.2) is 66.2 Å². The van der Waals surface area contributed by atoms with Gasteiger partial charge in [0.15, 0.2) is 0 Å². The second-order valence-electron chi connectivity index (χ2n) is 6.86. The Hall–Kier alpha value is -3.39. The number of Topliss-reactive ketones (excluding diaryl/α,β-unsaturated/α-hetero) is 1. The fourth-order valence-corrected chi connectivity index (χ4v) is 3.38. The van der Waals surface area contributed by atoms with E-state index >= 15 is 0 Å². The van der Waals surface area contributed by atoms with E-state index in [0.717, 1.165) is 37.8 Å². The van der Waals surface area contributed by atoms with Crippen molar-refractivity contribution >= 4 is 23.1 Å². The quantitative estimate of drug-likeness (QED) is 0.455. The van der Waals surface area contributed by atoms with Crippen molar-refractivity contribution in [2.75, 3.05) is 5.32 Å². The van der Waals surface area contributed by atoms with Crippen molar-refractivity contribution in [2.24, 2.45) is 0 Å². The van der Waals surface area contributed by atoms with Crippen LogP contribution in [0.2, 0.25) is 0 Å². The number of ketones is 1. The molecule has 1 amide bonds. The average Bonchev–Trinajstić information content (AvgIpc) is 2.75. The number of hydrogen-bond donors (Lipinski definition) is 2. The molecule has 142 valence electrons. The van der Waals surface area contributed by atoms with E-state index in [1.165, 1.54) is 0 Å². The lowest BCUT2D eigenvalue weighted by molar-refractivity contribution is -0.136. The van der Waals surface area contributed by atoms with Crippen LogP contribution in [0.4, 0.5) is 5.69 Å². The van der Waals surface area contributed by atoms with E-state index in [2.05, 4.69) is 10.6 Å². The maximum atomic E-state index is 12.8. The molecule has 1 aliphatic rings. The topological polar surface area (TPSA) is 82.0 Å². The summed E-state index contributed by atoms with van der Waals surface area (Å²) >= 11 is 0. The molecule has 2 N–H and O–H groups in total. The molecule has 1 aliphatic carbocycles. The minimum absolute atomic E-state index is 0.00685. The molecule has 2 aromatic carbocycles. The molecule has 0 aromatic heterocycles. The molecule has 0 radical (unpaired) electrons. The number of anilines is 1. The Morgan fingerprint density at radius 1 is 0.893 bits per heavy atom. The zero-order valence-corrected chi connectivity index (χ0v) is 15.7. The summed E-state index contributed by atoms with van der Waals surface area (Å²) < 4.78 is 0. The van der Waals surface area contributed by atoms with Crippen molar-refractivity contribution in [1.29, 1.82) is 5.26 Å². The molecule has 0 spiro atoms. The summed E-state index contributed by atoms with van der Waals surface area (Å²) in [7, 11) is 0. The number of nitrogens with one attached hydrogen (secondary N) is 2. The third kappa shape index (κ3) is 4.86. The number of amides is 1. The van der Waals surface area contributed by atoms with Gasteiger partial charge in [-0.05, 0) is 30.5 Å². The molecule has 0 heterocycles. The molecule has 5 heteroatoms. The first kappa shape index (κ1) is 19.4.